The maximum Gasteiger partial charge on any atom is 0.0834 e. The quantitative estimate of drug-likeness (QED) is 0.639. The van der Waals surface area contributed by atoms with E-state index in [-0.39, 0.29) is 6.04 Å². The second-order valence-electron chi connectivity index (χ2n) is 5.42. The molecule has 0 aliphatic heterocycles. The minimum absolute atomic E-state index is 0.122. The number of hydrogen-bond acceptors (Lipinski definition) is 3. The van der Waals surface area contributed by atoms with Gasteiger partial charge in [0.1, 0.15) is 0 Å². The van der Waals surface area contributed by atoms with Gasteiger partial charge in [-0.15, -0.1) is 0 Å². The molecule has 102 valence electrons. The molecule has 1 saturated carbocycles. The molecule has 1 aromatic rings. The number of aryl methyl sites for hydroxylation is 1. The average Bonchev–Trinajstić information content (AvgIpc) is 2.91. The Morgan fingerprint density at radius 2 is 2.39 bits per heavy atom. The number of rotatable bonds is 5. The van der Waals surface area contributed by atoms with E-state index in [0.717, 1.165) is 29.6 Å². The van der Waals surface area contributed by atoms with Gasteiger partial charge in [0.15, 0.2) is 0 Å². The Labute approximate surface area is 114 Å². The molecule has 0 saturated heterocycles. The lowest BCUT2D eigenvalue weighted by Crippen LogP contribution is -2.34. The molecular weight excluding hydrogens is 248 g/mol. The van der Waals surface area contributed by atoms with E-state index in [9.17, 15) is 0 Å². The van der Waals surface area contributed by atoms with Crippen LogP contribution >= 0.6 is 11.6 Å². The summed E-state index contributed by atoms with van der Waals surface area (Å²) in [6.45, 7) is 5.34. The molecule has 3 N–H and O–H groups in total. The van der Waals surface area contributed by atoms with Crippen LogP contribution in [0.15, 0.2) is 6.20 Å². The molecule has 3 atom stereocenters. The van der Waals surface area contributed by atoms with Crippen LogP contribution in [0, 0.1) is 11.8 Å². The summed E-state index contributed by atoms with van der Waals surface area (Å²) in [5, 5.41) is 5.08. The van der Waals surface area contributed by atoms with Crippen molar-refractivity contribution in [3.05, 3.63) is 16.9 Å². The van der Waals surface area contributed by atoms with Gasteiger partial charge in [-0.25, -0.2) is 0 Å². The van der Waals surface area contributed by atoms with E-state index in [1.165, 1.54) is 19.3 Å². The number of nitrogens with one attached hydrogen (secondary N) is 1. The van der Waals surface area contributed by atoms with Crippen LogP contribution in [0.2, 0.25) is 5.02 Å². The second kappa shape index (κ2) is 6.04. The molecule has 3 unspecified atom stereocenters. The first-order chi connectivity index (χ1) is 8.67. The first-order valence-corrected chi connectivity index (χ1v) is 7.22. The van der Waals surface area contributed by atoms with E-state index in [0.29, 0.717) is 5.92 Å². The van der Waals surface area contributed by atoms with Gasteiger partial charge >= 0.3 is 0 Å². The zero-order chi connectivity index (χ0) is 13.1. The van der Waals surface area contributed by atoms with Crippen molar-refractivity contribution in [2.24, 2.45) is 17.7 Å². The van der Waals surface area contributed by atoms with Crippen molar-refractivity contribution in [3.8, 4) is 0 Å². The predicted octanol–water partition coefficient (Wildman–Crippen LogP) is 2.89. The van der Waals surface area contributed by atoms with E-state index < -0.39 is 0 Å². The maximum atomic E-state index is 6.29. The van der Waals surface area contributed by atoms with Crippen LogP contribution in [0.3, 0.4) is 0 Å². The summed E-state index contributed by atoms with van der Waals surface area (Å²) in [7, 11) is 0. The van der Waals surface area contributed by atoms with Crippen LogP contribution in [0.5, 0.6) is 0 Å². The lowest BCUT2D eigenvalue weighted by atomic mass is 9.94. The van der Waals surface area contributed by atoms with Crippen LogP contribution in [-0.2, 0) is 6.54 Å². The highest BCUT2D eigenvalue weighted by Gasteiger charge is 2.32. The minimum Gasteiger partial charge on any atom is -0.271 e. The van der Waals surface area contributed by atoms with Gasteiger partial charge in [0.05, 0.1) is 23.0 Å². The Hall–Kier alpha value is -0.580. The van der Waals surface area contributed by atoms with E-state index >= 15 is 0 Å². The number of hydrogen-bond donors (Lipinski definition) is 2. The summed E-state index contributed by atoms with van der Waals surface area (Å²) in [6, 6.07) is 0.122. The van der Waals surface area contributed by atoms with Crippen molar-refractivity contribution >= 4 is 11.6 Å². The topological polar surface area (TPSA) is 55.9 Å². The third kappa shape index (κ3) is 2.71. The fraction of sp³-hybridized carbons (Fsp3) is 0.769. The van der Waals surface area contributed by atoms with Crippen LogP contribution in [-0.4, -0.2) is 9.78 Å². The number of hydrazine groups is 1. The molecule has 1 aliphatic rings. The van der Waals surface area contributed by atoms with Gasteiger partial charge in [0.2, 0.25) is 0 Å². The van der Waals surface area contributed by atoms with Crippen LogP contribution in [0.25, 0.3) is 0 Å². The predicted molar refractivity (Wildman–Crippen MR) is 74.1 cm³/mol. The summed E-state index contributed by atoms with van der Waals surface area (Å²) >= 11 is 6.29. The zero-order valence-electron chi connectivity index (χ0n) is 11.2. The van der Waals surface area contributed by atoms with Crippen molar-refractivity contribution in [1.29, 1.82) is 0 Å². The summed E-state index contributed by atoms with van der Waals surface area (Å²) in [5.41, 5.74) is 4.02. The molecular formula is C13H23ClN4. The van der Waals surface area contributed by atoms with Gasteiger partial charge in [-0.1, -0.05) is 31.9 Å². The molecule has 2 rings (SSSR count). The Balaban J connectivity index is 2.23. The van der Waals surface area contributed by atoms with Crippen molar-refractivity contribution in [2.45, 2.75) is 52.1 Å². The fourth-order valence-electron chi connectivity index (χ4n) is 3.06. The largest absolute Gasteiger partial charge is 0.271 e. The van der Waals surface area contributed by atoms with E-state index in [1.807, 2.05) is 4.68 Å². The Morgan fingerprint density at radius 1 is 1.61 bits per heavy atom. The highest BCUT2D eigenvalue weighted by molar-refractivity contribution is 6.31. The molecule has 0 bridgehead atoms. The fourth-order valence-corrected chi connectivity index (χ4v) is 3.32. The standard InChI is InChI=1S/C13H23ClN4/c1-3-6-18-13(11(14)8-16-18)12(17-15)10-5-4-9(2)7-10/h8-10,12,17H,3-7,15H2,1-2H3. The molecule has 0 aromatic carbocycles. The average molecular weight is 271 g/mol. The van der Waals surface area contributed by atoms with Gasteiger partial charge in [-0.05, 0) is 31.1 Å². The summed E-state index contributed by atoms with van der Waals surface area (Å²) in [4.78, 5) is 0. The highest BCUT2D eigenvalue weighted by Crippen LogP contribution is 2.40. The Morgan fingerprint density at radius 3 is 2.94 bits per heavy atom. The molecule has 1 aromatic heterocycles. The molecule has 1 aliphatic carbocycles. The first-order valence-electron chi connectivity index (χ1n) is 6.84. The molecule has 1 fully saturated rings. The summed E-state index contributed by atoms with van der Waals surface area (Å²) < 4.78 is 2.00. The molecule has 5 heteroatoms. The monoisotopic (exact) mass is 270 g/mol. The maximum absolute atomic E-state index is 6.29. The molecule has 4 nitrogen and oxygen atoms in total. The third-order valence-electron chi connectivity index (χ3n) is 3.95. The van der Waals surface area contributed by atoms with Gasteiger partial charge in [-0.3, -0.25) is 16.0 Å². The molecule has 0 spiro atoms. The Kier molecular flexibility index (Phi) is 4.65. The molecule has 0 amide bonds. The van der Waals surface area contributed by atoms with Gasteiger partial charge < -0.3 is 0 Å². The summed E-state index contributed by atoms with van der Waals surface area (Å²) in [6.07, 6.45) is 6.48. The second-order valence-corrected chi connectivity index (χ2v) is 5.83. The Bertz CT molecular complexity index is 390. The van der Waals surface area contributed by atoms with E-state index in [4.69, 9.17) is 17.4 Å². The van der Waals surface area contributed by atoms with Crippen molar-refractivity contribution in [2.75, 3.05) is 0 Å². The normalized spacial score (nSPS) is 25.6. The number of halogens is 1. The van der Waals surface area contributed by atoms with Gasteiger partial charge in [0.25, 0.3) is 0 Å². The van der Waals surface area contributed by atoms with Crippen molar-refractivity contribution in [3.63, 3.8) is 0 Å². The zero-order valence-corrected chi connectivity index (χ0v) is 12.0. The SMILES string of the molecule is CCCn1ncc(Cl)c1C(NN)C1CCC(C)C1. The number of nitrogens with zero attached hydrogens (tertiary/aromatic N) is 2. The lowest BCUT2D eigenvalue weighted by Gasteiger charge is -2.24. The minimum atomic E-state index is 0.122. The van der Waals surface area contributed by atoms with Crippen LogP contribution in [0.4, 0.5) is 0 Å². The number of nitrogens with two attached hydrogens (primary N) is 1. The molecule has 18 heavy (non-hydrogen) atoms. The molecule has 1 heterocycles. The van der Waals surface area contributed by atoms with Gasteiger partial charge in [0, 0.05) is 6.54 Å². The van der Waals surface area contributed by atoms with Crippen LogP contribution < -0.4 is 11.3 Å². The van der Waals surface area contributed by atoms with E-state index in [1.54, 1.807) is 6.20 Å². The first kappa shape index (κ1) is 13.8. The van der Waals surface area contributed by atoms with Crippen molar-refractivity contribution in [1.82, 2.24) is 15.2 Å². The van der Waals surface area contributed by atoms with E-state index in [2.05, 4.69) is 24.4 Å². The van der Waals surface area contributed by atoms with Crippen molar-refractivity contribution < 1.29 is 0 Å². The highest BCUT2D eigenvalue weighted by atomic mass is 35.5. The third-order valence-corrected chi connectivity index (χ3v) is 4.24. The number of aromatic nitrogens is 2. The lowest BCUT2D eigenvalue weighted by molar-refractivity contribution is 0.341. The molecule has 0 radical (unpaired) electrons. The van der Waals surface area contributed by atoms with Crippen LogP contribution in [0.1, 0.15) is 51.3 Å². The van der Waals surface area contributed by atoms with Gasteiger partial charge in [-0.2, -0.15) is 5.10 Å². The summed E-state index contributed by atoms with van der Waals surface area (Å²) in [5.74, 6) is 7.12. The smallest absolute Gasteiger partial charge is 0.0834 e.